The second-order valence-electron chi connectivity index (χ2n) is 5.78. The zero-order chi connectivity index (χ0) is 15.6. The van der Waals surface area contributed by atoms with Gasteiger partial charge >= 0.3 is 5.97 Å². The number of carbonyl (C=O) groups is 2. The van der Waals surface area contributed by atoms with Crippen LogP contribution in [-0.2, 0) is 22.6 Å². The van der Waals surface area contributed by atoms with E-state index < -0.39 is 5.97 Å². The third-order valence-corrected chi connectivity index (χ3v) is 4.77. The molecule has 0 radical (unpaired) electrons. The standard InChI is InChI=1S/C14H21N3O3S/c1-9(14(19)20)10-5-17(6-10)7-11-8-21-12(15-11)4-13(18)16(2)3/h8-10H,4-7H2,1-3H3,(H,19,20). The molecule has 1 aromatic rings. The molecule has 1 saturated heterocycles. The van der Waals surface area contributed by atoms with E-state index >= 15 is 0 Å². The highest BCUT2D eigenvalue weighted by molar-refractivity contribution is 7.09. The fraction of sp³-hybridized carbons (Fsp3) is 0.643. The number of carboxylic acids is 1. The molecule has 0 aromatic carbocycles. The summed E-state index contributed by atoms with van der Waals surface area (Å²) >= 11 is 1.50. The van der Waals surface area contributed by atoms with Crippen LogP contribution in [0.3, 0.4) is 0 Å². The van der Waals surface area contributed by atoms with Crippen LogP contribution in [-0.4, -0.2) is 59.0 Å². The quantitative estimate of drug-likeness (QED) is 0.846. The summed E-state index contributed by atoms with van der Waals surface area (Å²) in [5.41, 5.74) is 0.961. The molecule has 7 heteroatoms. The van der Waals surface area contributed by atoms with Gasteiger partial charge in [-0.05, 0) is 5.92 Å². The lowest BCUT2D eigenvalue weighted by Gasteiger charge is -2.40. The number of thiazole rings is 1. The molecule has 1 fully saturated rings. The second kappa shape index (κ2) is 6.53. The van der Waals surface area contributed by atoms with Gasteiger partial charge in [-0.2, -0.15) is 0 Å². The SMILES string of the molecule is CC(C(=O)O)C1CN(Cc2csc(CC(=O)N(C)C)n2)C1. The van der Waals surface area contributed by atoms with Crippen LogP contribution in [0.15, 0.2) is 5.38 Å². The molecule has 2 rings (SSSR count). The topological polar surface area (TPSA) is 73.7 Å². The molecule has 1 aliphatic rings. The van der Waals surface area contributed by atoms with Crippen LogP contribution in [0.2, 0.25) is 0 Å². The first kappa shape index (κ1) is 15.9. The Morgan fingerprint density at radius 2 is 2.19 bits per heavy atom. The molecular weight excluding hydrogens is 290 g/mol. The maximum Gasteiger partial charge on any atom is 0.306 e. The Hall–Kier alpha value is -1.47. The van der Waals surface area contributed by atoms with Crippen molar-refractivity contribution in [3.05, 3.63) is 16.1 Å². The molecule has 1 N–H and O–H groups in total. The van der Waals surface area contributed by atoms with Gasteiger partial charge in [0.15, 0.2) is 0 Å². The average Bonchev–Trinajstić information content (AvgIpc) is 2.79. The Balaban J connectivity index is 1.80. The lowest BCUT2D eigenvalue weighted by Crippen LogP contribution is -2.50. The van der Waals surface area contributed by atoms with Crippen LogP contribution >= 0.6 is 11.3 Å². The van der Waals surface area contributed by atoms with E-state index in [9.17, 15) is 9.59 Å². The lowest BCUT2D eigenvalue weighted by atomic mass is 9.87. The van der Waals surface area contributed by atoms with E-state index in [2.05, 4.69) is 9.88 Å². The van der Waals surface area contributed by atoms with E-state index in [-0.39, 0.29) is 17.7 Å². The molecule has 1 aromatic heterocycles. The van der Waals surface area contributed by atoms with Crippen molar-refractivity contribution in [2.45, 2.75) is 19.9 Å². The smallest absolute Gasteiger partial charge is 0.306 e. The Labute approximate surface area is 128 Å². The van der Waals surface area contributed by atoms with Gasteiger partial charge in [0.2, 0.25) is 5.91 Å². The highest BCUT2D eigenvalue weighted by atomic mass is 32.1. The first-order valence-corrected chi connectivity index (χ1v) is 7.83. The predicted octanol–water partition coefficient (Wildman–Crippen LogP) is 0.926. The van der Waals surface area contributed by atoms with Gasteiger partial charge in [0.1, 0.15) is 5.01 Å². The number of rotatable bonds is 6. The van der Waals surface area contributed by atoms with Crippen molar-refractivity contribution in [2.24, 2.45) is 11.8 Å². The van der Waals surface area contributed by atoms with E-state index in [0.29, 0.717) is 6.42 Å². The van der Waals surface area contributed by atoms with Crippen LogP contribution in [0, 0.1) is 11.8 Å². The molecular formula is C14H21N3O3S. The van der Waals surface area contributed by atoms with Gasteiger partial charge < -0.3 is 10.0 Å². The zero-order valence-electron chi connectivity index (χ0n) is 12.6. The minimum absolute atomic E-state index is 0.0511. The van der Waals surface area contributed by atoms with Gasteiger partial charge in [-0.1, -0.05) is 6.92 Å². The number of likely N-dealkylation sites (tertiary alicyclic amines) is 1. The second-order valence-corrected chi connectivity index (χ2v) is 6.72. The van der Waals surface area contributed by atoms with Crippen molar-refractivity contribution in [2.75, 3.05) is 27.2 Å². The Kier molecular flexibility index (Phi) is 4.95. The molecule has 21 heavy (non-hydrogen) atoms. The highest BCUT2D eigenvalue weighted by Crippen LogP contribution is 2.26. The largest absolute Gasteiger partial charge is 0.481 e. The summed E-state index contributed by atoms with van der Waals surface area (Å²) < 4.78 is 0. The first-order valence-electron chi connectivity index (χ1n) is 6.95. The molecule has 0 bridgehead atoms. The number of likely N-dealkylation sites (N-methyl/N-ethyl adjacent to an activating group) is 1. The van der Waals surface area contributed by atoms with E-state index in [1.54, 1.807) is 25.9 Å². The number of amides is 1. The summed E-state index contributed by atoms with van der Waals surface area (Å²) in [7, 11) is 3.47. The summed E-state index contributed by atoms with van der Waals surface area (Å²) in [5.74, 6) is -0.728. The minimum Gasteiger partial charge on any atom is -0.481 e. The van der Waals surface area contributed by atoms with Gasteiger partial charge in [-0.25, -0.2) is 4.98 Å². The summed E-state index contributed by atoms with van der Waals surface area (Å²) in [6, 6.07) is 0. The van der Waals surface area contributed by atoms with E-state index in [1.807, 2.05) is 5.38 Å². The van der Waals surface area contributed by atoms with E-state index in [0.717, 1.165) is 30.3 Å². The lowest BCUT2D eigenvalue weighted by molar-refractivity contribution is -0.145. The average molecular weight is 311 g/mol. The molecule has 0 saturated carbocycles. The fourth-order valence-electron chi connectivity index (χ4n) is 2.28. The molecule has 2 heterocycles. The number of nitrogens with zero attached hydrogens (tertiary/aromatic N) is 3. The molecule has 116 valence electrons. The van der Waals surface area contributed by atoms with Gasteiger partial charge in [0.05, 0.1) is 18.0 Å². The number of hydrogen-bond donors (Lipinski definition) is 1. The molecule has 1 amide bonds. The normalized spacial score (nSPS) is 17.3. The van der Waals surface area contributed by atoms with Crippen LogP contribution in [0.4, 0.5) is 0 Å². The Bertz CT molecular complexity index is 523. The van der Waals surface area contributed by atoms with Crippen LogP contribution in [0.25, 0.3) is 0 Å². The maximum atomic E-state index is 11.6. The molecule has 1 atom stereocenters. The van der Waals surface area contributed by atoms with E-state index in [1.165, 1.54) is 11.3 Å². The summed E-state index contributed by atoms with van der Waals surface area (Å²) in [4.78, 5) is 30.7. The monoisotopic (exact) mass is 311 g/mol. The first-order chi connectivity index (χ1) is 9.86. The molecule has 1 unspecified atom stereocenters. The van der Waals surface area contributed by atoms with Crippen molar-refractivity contribution in [3.8, 4) is 0 Å². The maximum absolute atomic E-state index is 11.6. The van der Waals surface area contributed by atoms with Crippen molar-refractivity contribution < 1.29 is 14.7 Å². The Morgan fingerprint density at radius 1 is 1.52 bits per heavy atom. The zero-order valence-corrected chi connectivity index (χ0v) is 13.4. The van der Waals surface area contributed by atoms with Crippen molar-refractivity contribution >= 4 is 23.2 Å². The van der Waals surface area contributed by atoms with Crippen molar-refractivity contribution in [3.63, 3.8) is 0 Å². The number of carboxylic acid groups (broad SMARTS) is 1. The third kappa shape index (κ3) is 4.01. The third-order valence-electron chi connectivity index (χ3n) is 3.87. The molecule has 0 aliphatic carbocycles. The number of aliphatic carboxylic acids is 1. The van der Waals surface area contributed by atoms with Crippen LogP contribution in [0.1, 0.15) is 17.6 Å². The van der Waals surface area contributed by atoms with Crippen LogP contribution in [0.5, 0.6) is 0 Å². The number of carbonyl (C=O) groups excluding carboxylic acids is 1. The summed E-state index contributed by atoms with van der Waals surface area (Å²) in [6.45, 7) is 4.10. The highest BCUT2D eigenvalue weighted by Gasteiger charge is 2.34. The fourth-order valence-corrected chi connectivity index (χ4v) is 3.05. The van der Waals surface area contributed by atoms with Crippen LogP contribution < -0.4 is 0 Å². The van der Waals surface area contributed by atoms with Gasteiger partial charge in [0.25, 0.3) is 0 Å². The number of hydrogen-bond acceptors (Lipinski definition) is 5. The van der Waals surface area contributed by atoms with Gasteiger partial charge in [-0.15, -0.1) is 11.3 Å². The summed E-state index contributed by atoms with van der Waals surface area (Å²) in [6.07, 6.45) is 0.344. The van der Waals surface area contributed by atoms with Gasteiger partial charge in [0, 0.05) is 39.1 Å². The van der Waals surface area contributed by atoms with Crippen molar-refractivity contribution in [1.29, 1.82) is 0 Å². The Morgan fingerprint density at radius 3 is 2.76 bits per heavy atom. The van der Waals surface area contributed by atoms with Crippen molar-refractivity contribution in [1.82, 2.24) is 14.8 Å². The van der Waals surface area contributed by atoms with E-state index in [4.69, 9.17) is 5.11 Å². The summed E-state index contributed by atoms with van der Waals surface area (Å²) in [5, 5.41) is 11.8. The minimum atomic E-state index is -0.724. The molecule has 1 aliphatic heterocycles. The molecule has 0 spiro atoms. The number of aromatic nitrogens is 1. The predicted molar refractivity (Wildman–Crippen MR) is 80.1 cm³/mol. The molecule has 6 nitrogen and oxygen atoms in total. The van der Waals surface area contributed by atoms with Gasteiger partial charge in [-0.3, -0.25) is 14.5 Å².